The van der Waals surface area contributed by atoms with Crippen LogP contribution in [-0.2, 0) is 9.53 Å². The number of aromatic nitrogens is 1. The molecule has 1 aliphatic carbocycles. The molecule has 3 N–H and O–H groups in total. The van der Waals surface area contributed by atoms with E-state index in [2.05, 4.69) is 15.8 Å². The molecule has 0 aromatic carbocycles. The van der Waals surface area contributed by atoms with Crippen molar-refractivity contribution < 1.29 is 14.3 Å². The van der Waals surface area contributed by atoms with Gasteiger partial charge in [0.1, 0.15) is 16.1 Å². The number of ether oxygens (including phenoxy) is 1. The first-order valence-electron chi connectivity index (χ1n) is 7.08. The molecule has 1 fully saturated rings. The number of nitriles is 1. The molecule has 1 aromatic heterocycles. The number of nitrogens with two attached hydrogens (primary N) is 1. The van der Waals surface area contributed by atoms with E-state index in [1.807, 2.05) is 0 Å². The van der Waals surface area contributed by atoms with Crippen LogP contribution in [0.4, 0.5) is 5.00 Å². The molecule has 7 nitrogen and oxygen atoms in total. The zero-order chi connectivity index (χ0) is 16.2. The van der Waals surface area contributed by atoms with E-state index < -0.39 is 24.0 Å². The van der Waals surface area contributed by atoms with Gasteiger partial charge in [-0.15, -0.1) is 0 Å². The van der Waals surface area contributed by atoms with Gasteiger partial charge in [0, 0.05) is 0 Å². The van der Waals surface area contributed by atoms with Crippen LogP contribution < -0.4 is 11.1 Å². The van der Waals surface area contributed by atoms with Crippen molar-refractivity contribution in [3.63, 3.8) is 0 Å². The van der Waals surface area contributed by atoms with E-state index in [9.17, 15) is 14.9 Å². The van der Waals surface area contributed by atoms with Gasteiger partial charge >= 0.3 is 5.97 Å². The highest BCUT2D eigenvalue weighted by Crippen LogP contribution is 2.27. The predicted molar refractivity (Wildman–Crippen MR) is 81.1 cm³/mol. The molecule has 1 saturated carbocycles. The summed E-state index contributed by atoms with van der Waals surface area (Å²) in [5.74, 6) is -1.15. The molecule has 1 aliphatic rings. The summed E-state index contributed by atoms with van der Waals surface area (Å²) in [7, 11) is 0. The third-order valence-corrected chi connectivity index (χ3v) is 4.49. The minimum Gasteiger partial charge on any atom is -0.452 e. The van der Waals surface area contributed by atoms with E-state index in [0.29, 0.717) is 18.5 Å². The van der Waals surface area contributed by atoms with E-state index in [1.165, 1.54) is 0 Å². The smallest absolute Gasteiger partial charge is 0.343 e. The van der Waals surface area contributed by atoms with Crippen LogP contribution in [0.2, 0.25) is 0 Å². The predicted octanol–water partition coefficient (Wildman–Crippen LogP) is 1.53. The molecule has 0 spiro atoms. The molecular weight excluding hydrogens is 304 g/mol. The Balaban J connectivity index is 1.90. The number of nitrogen functional groups attached to an aromatic ring is 1. The number of aryl methyl sites for hydroxylation is 1. The van der Waals surface area contributed by atoms with Gasteiger partial charge in [0.25, 0.3) is 5.91 Å². The van der Waals surface area contributed by atoms with Crippen molar-refractivity contribution in [1.29, 1.82) is 5.26 Å². The van der Waals surface area contributed by atoms with Crippen molar-refractivity contribution in [2.45, 2.75) is 44.6 Å². The maximum absolute atomic E-state index is 11.9. The fraction of sp³-hybridized carbons (Fsp3) is 0.571. The monoisotopic (exact) mass is 322 g/mol. The lowest BCUT2D eigenvalue weighted by atomic mass is 9.83. The zero-order valence-corrected chi connectivity index (χ0v) is 13.2. The molecule has 0 bridgehead atoms. The Hall–Kier alpha value is -2.14. The lowest BCUT2D eigenvalue weighted by Gasteiger charge is -2.31. The normalized spacial score (nSPS) is 16.5. The van der Waals surface area contributed by atoms with E-state index in [-0.39, 0.29) is 10.6 Å². The number of anilines is 1. The van der Waals surface area contributed by atoms with Crippen molar-refractivity contribution in [2.75, 3.05) is 12.3 Å². The SMILES string of the molecule is Cc1nsc(N)c1C(=O)OCC(=O)NC1(C#N)CCCCC1. The van der Waals surface area contributed by atoms with Crippen molar-refractivity contribution >= 4 is 28.4 Å². The number of esters is 1. The molecular formula is C14H18N4O3S. The number of nitrogens with one attached hydrogen (secondary N) is 1. The molecule has 8 heteroatoms. The van der Waals surface area contributed by atoms with E-state index >= 15 is 0 Å². The van der Waals surface area contributed by atoms with Gasteiger partial charge in [-0.25, -0.2) is 4.79 Å². The summed E-state index contributed by atoms with van der Waals surface area (Å²) < 4.78 is 8.92. The Morgan fingerprint density at radius 3 is 2.68 bits per heavy atom. The fourth-order valence-electron chi connectivity index (χ4n) is 2.56. The van der Waals surface area contributed by atoms with E-state index in [0.717, 1.165) is 30.8 Å². The summed E-state index contributed by atoms with van der Waals surface area (Å²) in [5.41, 5.74) is 5.50. The summed E-state index contributed by atoms with van der Waals surface area (Å²) in [6, 6.07) is 2.18. The average Bonchev–Trinajstić information content (AvgIpc) is 2.85. The number of rotatable bonds is 4. The Bertz CT molecular complexity index is 595. The highest BCUT2D eigenvalue weighted by molar-refractivity contribution is 7.10. The second-order valence-corrected chi connectivity index (χ2v) is 6.19. The Morgan fingerprint density at radius 2 is 2.14 bits per heavy atom. The lowest BCUT2D eigenvalue weighted by molar-refractivity contribution is -0.125. The zero-order valence-electron chi connectivity index (χ0n) is 12.3. The van der Waals surface area contributed by atoms with Gasteiger partial charge in [-0.05, 0) is 31.3 Å². The topological polar surface area (TPSA) is 118 Å². The highest BCUT2D eigenvalue weighted by atomic mass is 32.1. The second kappa shape index (κ2) is 6.75. The standard InChI is InChI=1S/C14H18N4O3S/c1-9-11(12(16)22-18-9)13(20)21-7-10(19)17-14(8-15)5-3-2-4-6-14/h2-7,16H2,1H3,(H,17,19). The molecule has 0 saturated heterocycles. The van der Waals surface area contributed by atoms with Crippen LogP contribution in [0, 0.1) is 18.3 Å². The number of hydrogen-bond donors (Lipinski definition) is 2. The lowest BCUT2D eigenvalue weighted by Crippen LogP contribution is -2.50. The van der Waals surface area contributed by atoms with Crippen LogP contribution in [0.15, 0.2) is 0 Å². The van der Waals surface area contributed by atoms with Crippen LogP contribution >= 0.6 is 11.5 Å². The number of carbonyl (C=O) groups is 2. The van der Waals surface area contributed by atoms with Gasteiger partial charge < -0.3 is 15.8 Å². The third-order valence-electron chi connectivity index (χ3n) is 3.73. The first-order chi connectivity index (χ1) is 10.5. The third kappa shape index (κ3) is 3.54. The molecule has 1 heterocycles. The number of hydrogen-bond acceptors (Lipinski definition) is 7. The molecule has 118 valence electrons. The van der Waals surface area contributed by atoms with E-state index in [4.69, 9.17) is 10.5 Å². The van der Waals surface area contributed by atoms with Crippen molar-refractivity contribution in [3.05, 3.63) is 11.3 Å². The van der Waals surface area contributed by atoms with Crippen molar-refractivity contribution in [3.8, 4) is 6.07 Å². The van der Waals surface area contributed by atoms with E-state index in [1.54, 1.807) is 6.92 Å². The fourth-order valence-corrected chi connectivity index (χ4v) is 3.21. The number of carbonyl (C=O) groups excluding carboxylic acids is 2. The summed E-state index contributed by atoms with van der Waals surface area (Å²) in [4.78, 5) is 23.8. The molecule has 2 rings (SSSR count). The minimum atomic E-state index is -0.833. The molecule has 22 heavy (non-hydrogen) atoms. The van der Waals surface area contributed by atoms with Gasteiger partial charge in [-0.1, -0.05) is 19.3 Å². The summed E-state index contributed by atoms with van der Waals surface area (Å²) in [6.07, 6.45) is 4.14. The van der Waals surface area contributed by atoms with Crippen molar-refractivity contribution in [2.24, 2.45) is 0 Å². The largest absolute Gasteiger partial charge is 0.452 e. The van der Waals surface area contributed by atoms with Gasteiger partial charge in [-0.3, -0.25) is 4.79 Å². The summed E-state index contributed by atoms with van der Waals surface area (Å²) in [5, 5.41) is 12.3. The van der Waals surface area contributed by atoms with Crippen LogP contribution in [0.25, 0.3) is 0 Å². The number of nitrogens with zero attached hydrogens (tertiary/aromatic N) is 2. The van der Waals surface area contributed by atoms with Crippen LogP contribution in [0.5, 0.6) is 0 Å². The molecule has 0 radical (unpaired) electrons. The van der Waals surface area contributed by atoms with Crippen molar-refractivity contribution in [1.82, 2.24) is 9.69 Å². The maximum atomic E-state index is 11.9. The van der Waals surface area contributed by atoms with Crippen LogP contribution in [0.3, 0.4) is 0 Å². The number of amides is 1. The van der Waals surface area contributed by atoms with Gasteiger partial charge in [0.15, 0.2) is 6.61 Å². The molecule has 1 aromatic rings. The Labute approximate surface area is 132 Å². The highest BCUT2D eigenvalue weighted by Gasteiger charge is 2.33. The maximum Gasteiger partial charge on any atom is 0.343 e. The van der Waals surface area contributed by atoms with Crippen LogP contribution in [0.1, 0.15) is 48.2 Å². The molecule has 0 aliphatic heterocycles. The minimum absolute atomic E-state index is 0.200. The Kier molecular flexibility index (Phi) is 4.98. The molecule has 0 unspecified atom stereocenters. The molecule has 1 amide bonds. The summed E-state index contributed by atoms with van der Waals surface area (Å²) >= 11 is 1.01. The molecule has 0 atom stereocenters. The van der Waals surface area contributed by atoms with Gasteiger partial charge in [-0.2, -0.15) is 9.64 Å². The van der Waals surface area contributed by atoms with Crippen LogP contribution in [-0.4, -0.2) is 28.4 Å². The Morgan fingerprint density at radius 1 is 1.45 bits per heavy atom. The second-order valence-electron chi connectivity index (χ2n) is 5.39. The summed E-state index contributed by atoms with van der Waals surface area (Å²) in [6.45, 7) is 1.22. The quantitative estimate of drug-likeness (QED) is 0.812. The average molecular weight is 322 g/mol. The first-order valence-corrected chi connectivity index (χ1v) is 7.86. The van der Waals surface area contributed by atoms with Gasteiger partial charge in [0.05, 0.1) is 11.8 Å². The van der Waals surface area contributed by atoms with Gasteiger partial charge in [0.2, 0.25) is 0 Å². The first kappa shape index (κ1) is 16.2.